The van der Waals surface area contributed by atoms with E-state index >= 15 is 0 Å². The number of anilines is 1. The molecule has 0 saturated carbocycles. The van der Waals surface area contributed by atoms with Crippen LogP contribution in [-0.2, 0) is 0 Å². The third-order valence-electron chi connectivity index (χ3n) is 4.03. The second-order valence-corrected chi connectivity index (χ2v) is 7.63. The Morgan fingerprint density at radius 1 is 1.08 bits per heavy atom. The highest BCUT2D eigenvalue weighted by atomic mass is 32.2. The largest absolute Gasteiger partial charge is 0.322 e. The molecule has 134 valence electrons. The number of amides is 1. The Kier molecular flexibility index (Phi) is 5.73. The second kappa shape index (κ2) is 8.19. The summed E-state index contributed by atoms with van der Waals surface area (Å²) in [6.07, 6.45) is 1.76. The van der Waals surface area contributed by atoms with E-state index in [2.05, 4.69) is 46.9 Å². The zero-order valence-electron chi connectivity index (χ0n) is 15.1. The highest BCUT2D eigenvalue weighted by molar-refractivity contribution is 7.99. The van der Waals surface area contributed by atoms with Crippen LogP contribution in [0.1, 0.15) is 48.0 Å². The maximum atomic E-state index is 12.3. The summed E-state index contributed by atoms with van der Waals surface area (Å²) in [6, 6.07) is 17.5. The SMILES string of the molecule is CC(C)n1cnnc1S[C@@H](C)c1cccc(NC(=O)c2ccccc2)c1. The summed E-state index contributed by atoms with van der Waals surface area (Å²) in [5.41, 5.74) is 2.55. The number of aromatic nitrogens is 3. The van der Waals surface area contributed by atoms with Gasteiger partial charge in [-0.25, -0.2) is 0 Å². The highest BCUT2D eigenvalue weighted by Gasteiger charge is 2.15. The molecule has 0 bridgehead atoms. The van der Waals surface area contributed by atoms with Crippen LogP contribution in [0.3, 0.4) is 0 Å². The van der Waals surface area contributed by atoms with Crippen LogP contribution in [0.25, 0.3) is 0 Å². The molecule has 1 atom stereocenters. The fourth-order valence-corrected chi connectivity index (χ4v) is 3.63. The zero-order chi connectivity index (χ0) is 18.5. The summed E-state index contributed by atoms with van der Waals surface area (Å²) in [7, 11) is 0. The number of nitrogens with zero attached hydrogens (tertiary/aromatic N) is 3. The smallest absolute Gasteiger partial charge is 0.255 e. The number of hydrogen-bond donors (Lipinski definition) is 1. The lowest BCUT2D eigenvalue weighted by atomic mass is 10.1. The molecule has 0 saturated heterocycles. The lowest BCUT2D eigenvalue weighted by molar-refractivity contribution is 0.102. The van der Waals surface area contributed by atoms with E-state index in [0.29, 0.717) is 11.6 Å². The minimum absolute atomic E-state index is 0.109. The standard InChI is InChI=1S/C20H22N4OS/c1-14(2)24-13-21-23-20(24)26-15(3)17-10-7-11-18(12-17)22-19(25)16-8-5-4-6-9-16/h4-15H,1-3H3,(H,22,25)/t15-/m0/s1. The molecule has 26 heavy (non-hydrogen) atoms. The molecule has 0 fully saturated rings. The molecule has 2 aromatic carbocycles. The van der Waals surface area contributed by atoms with Crippen LogP contribution in [0.5, 0.6) is 0 Å². The first-order valence-electron chi connectivity index (χ1n) is 8.57. The Morgan fingerprint density at radius 2 is 1.85 bits per heavy atom. The average Bonchev–Trinajstić information content (AvgIpc) is 3.11. The maximum absolute atomic E-state index is 12.3. The van der Waals surface area contributed by atoms with Crippen LogP contribution in [0.15, 0.2) is 66.1 Å². The van der Waals surface area contributed by atoms with Crippen molar-refractivity contribution in [2.75, 3.05) is 5.32 Å². The molecule has 3 rings (SSSR count). The monoisotopic (exact) mass is 366 g/mol. The highest BCUT2D eigenvalue weighted by Crippen LogP contribution is 2.35. The molecule has 0 aliphatic rings. The van der Waals surface area contributed by atoms with Gasteiger partial charge in [0.25, 0.3) is 5.91 Å². The van der Waals surface area contributed by atoms with E-state index < -0.39 is 0 Å². The summed E-state index contributed by atoms with van der Waals surface area (Å²) >= 11 is 1.66. The molecule has 1 N–H and O–H groups in total. The van der Waals surface area contributed by atoms with Crippen molar-refractivity contribution in [2.45, 2.75) is 37.2 Å². The minimum atomic E-state index is -0.109. The molecule has 0 spiro atoms. The van der Waals surface area contributed by atoms with Gasteiger partial charge < -0.3 is 9.88 Å². The summed E-state index contributed by atoms with van der Waals surface area (Å²) in [6.45, 7) is 6.35. The minimum Gasteiger partial charge on any atom is -0.322 e. The quantitative estimate of drug-likeness (QED) is 0.626. The average molecular weight is 366 g/mol. The molecule has 0 unspecified atom stereocenters. The van der Waals surface area contributed by atoms with Crippen molar-refractivity contribution in [1.29, 1.82) is 0 Å². The Labute approximate surface area is 157 Å². The first-order valence-corrected chi connectivity index (χ1v) is 9.45. The Morgan fingerprint density at radius 3 is 2.58 bits per heavy atom. The van der Waals surface area contributed by atoms with Gasteiger partial charge in [-0.1, -0.05) is 42.1 Å². The summed E-state index contributed by atoms with van der Waals surface area (Å²) in [5.74, 6) is -0.109. The van der Waals surface area contributed by atoms with E-state index in [-0.39, 0.29) is 11.2 Å². The molecule has 3 aromatic rings. The van der Waals surface area contributed by atoms with Crippen LogP contribution in [0, 0.1) is 0 Å². The third kappa shape index (κ3) is 4.32. The molecular weight excluding hydrogens is 344 g/mol. The number of hydrogen-bond acceptors (Lipinski definition) is 4. The first kappa shape index (κ1) is 18.2. The predicted octanol–water partition coefficient (Wildman–Crippen LogP) is 4.96. The number of carbonyl (C=O) groups excluding carboxylic acids is 1. The Bertz CT molecular complexity index is 876. The van der Waals surface area contributed by atoms with Gasteiger partial charge in [-0.15, -0.1) is 10.2 Å². The fourth-order valence-electron chi connectivity index (χ4n) is 2.56. The van der Waals surface area contributed by atoms with Crippen LogP contribution < -0.4 is 5.32 Å². The van der Waals surface area contributed by atoms with Gasteiger partial charge in [-0.2, -0.15) is 0 Å². The lowest BCUT2D eigenvalue weighted by Gasteiger charge is -2.15. The van der Waals surface area contributed by atoms with Crippen molar-refractivity contribution in [3.05, 3.63) is 72.1 Å². The van der Waals surface area contributed by atoms with Gasteiger partial charge in [0.1, 0.15) is 6.33 Å². The van der Waals surface area contributed by atoms with E-state index in [1.165, 1.54) is 0 Å². The lowest BCUT2D eigenvalue weighted by Crippen LogP contribution is -2.11. The van der Waals surface area contributed by atoms with E-state index in [4.69, 9.17) is 0 Å². The van der Waals surface area contributed by atoms with Crippen molar-refractivity contribution >= 4 is 23.4 Å². The zero-order valence-corrected chi connectivity index (χ0v) is 15.9. The van der Waals surface area contributed by atoms with Crippen molar-refractivity contribution in [3.63, 3.8) is 0 Å². The summed E-state index contributed by atoms with van der Waals surface area (Å²) in [5, 5.41) is 12.3. The predicted molar refractivity (Wildman–Crippen MR) is 106 cm³/mol. The normalized spacial score (nSPS) is 12.2. The Hall–Kier alpha value is -2.60. The van der Waals surface area contributed by atoms with Crippen molar-refractivity contribution in [1.82, 2.24) is 14.8 Å². The number of carbonyl (C=O) groups is 1. The van der Waals surface area contributed by atoms with Gasteiger partial charge in [0.2, 0.25) is 0 Å². The van der Waals surface area contributed by atoms with Gasteiger partial charge in [0.15, 0.2) is 5.16 Å². The molecule has 1 heterocycles. The van der Waals surface area contributed by atoms with Crippen molar-refractivity contribution in [3.8, 4) is 0 Å². The fraction of sp³-hybridized carbons (Fsp3) is 0.250. The molecule has 5 nitrogen and oxygen atoms in total. The van der Waals surface area contributed by atoms with Crippen LogP contribution >= 0.6 is 11.8 Å². The van der Waals surface area contributed by atoms with Crippen LogP contribution in [-0.4, -0.2) is 20.7 Å². The van der Waals surface area contributed by atoms with Gasteiger partial charge in [0.05, 0.1) is 0 Å². The van der Waals surface area contributed by atoms with E-state index in [9.17, 15) is 4.79 Å². The molecule has 0 aliphatic carbocycles. The van der Waals surface area contributed by atoms with Crippen molar-refractivity contribution < 1.29 is 4.79 Å². The molecular formula is C20H22N4OS. The maximum Gasteiger partial charge on any atom is 0.255 e. The molecule has 0 aliphatic heterocycles. The summed E-state index contributed by atoms with van der Waals surface area (Å²) < 4.78 is 2.06. The van der Waals surface area contributed by atoms with Gasteiger partial charge in [-0.3, -0.25) is 4.79 Å². The van der Waals surface area contributed by atoms with E-state index in [1.54, 1.807) is 30.2 Å². The van der Waals surface area contributed by atoms with Crippen LogP contribution in [0.2, 0.25) is 0 Å². The third-order valence-corrected chi connectivity index (χ3v) is 5.16. The number of nitrogens with one attached hydrogen (secondary N) is 1. The number of thioether (sulfide) groups is 1. The van der Waals surface area contributed by atoms with E-state index in [0.717, 1.165) is 16.4 Å². The number of benzene rings is 2. The van der Waals surface area contributed by atoms with Gasteiger partial charge >= 0.3 is 0 Å². The van der Waals surface area contributed by atoms with Gasteiger partial charge in [0, 0.05) is 22.5 Å². The molecule has 1 amide bonds. The second-order valence-electron chi connectivity index (χ2n) is 6.32. The number of rotatable bonds is 6. The summed E-state index contributed by atoms with van der Waals surface area (Å²) in [4.78, 5) is 12.3. The topological polar surface area (TPSA) is 59.8 Å². The van der Waals surface area contributed by atoms with Crippen LogP contribution in [0.4, 0.5) is 5.69 Å². The van der Waals surface area contributed by atoms with E-state index in [1.807, 2.05) is 36.4 Å². The van der Waals surface area contributed by atoms with Crippen molar-refractivity contribution in [2.24, 2.45) is 0 Å². The first-order chi connectivity index (χ1) is 12.5. The molecule has 0 radical (unpaired) electrons. The molecule has 6 heteroatoms. The molecule has 1 aromatic heterocycles. The Balaban J connectivity index is 1.72. The van der Waals surface area contributed by atoms with Gasteiger partial charge in [-0.05, 0) is 50.6 Å².